The van der Waals surface area contributed by atoms with E-state index in [1.54, 1.807) is 0 Å². The average Bonchev–Trinajstić information content (AvgIpc) is 2.43. The van der Waals surface area contributed by atoms with Crippen molar-refractivity contribution in [1.29, 1.82) is 0 Å². The van der Waals surface area contributed by atoms with Crippen molar-refractivity contribution in [2.24, 2.45) is 5.92 Å². The lowest BCUT2D eigenvalue weighted by Crippen LogP contribution is -2.53. The summed E-state index contributed by atoms with van der Waals surface area (Å²) in [6, 6.07) is 10.1. The molecule has 0 radical (unpaired) electrons. The molecule has 3 heteroatoms. The third-order valence-corrected chi connectivity index (χ3v) is 4.35. The summed E-state index contributed by atoms with van der Waals surface area (Å²) in [5.41, 5.74) is 1.27. The number of hydrogen-bond acceptors (Lipinski definition) is 3. The van der Waals surface area contributed by atoms with Gasteiger partial charge in [-0.05, 0) is 37.7 Å². The third-order valence-electron chi connectivity index (χ3n) is 4.35. The van der Waals surface area contributed by atoms with Gasteiger partial charge in [-0.25, -0.2) is 0 Å². The molecule has 1 aromatic rings. The van der Waals surface area contributed by atoms with Crippen molar-refractivity contribution in [3.63, 3.8) is 0 Å². The highest BCUT2D eigenvalue weighted by molar-refractivity contribution is 5.14. The van der Waals surface area contributed by atoms with E-state index in [4.69, 9.17) is 0 Å². The van der Waals surface area contributed by atoms with E-state index in [0.29, 0.717) is 31.8 Å². The summed E-state index contributed by atoms with van der Waals surface area (Å²) in [4.78, 5) is 0. The lowest BCUT2D eigenvalue weighted by molar-refractivity contribution is -0.106. The van der Waals surface area contributed by atoms with Gasteiger partial charge >= 0.3 is 0 Å². The first-order valence-electron chi connectivity index (χ1n) is 7.32. The highest BCUT2D eigenvalue weighted by Gasteiger charge is 2.40. The molecule has 0 saturated heterocycles. The van der Waals surface area contributed by atoms with Gasteiger partial charge in [-0.2, -0.15) is 0 Å². The molecule has 1 aliphatic carbocycles. The molecule has 3 N–H and O–H groups in total. The van der Waals surface area contributed by atoms with Crippen LogP contribution in [0.4, 0.5) is 0 Å². The van der Waals surface area contributed by atoms with Crippen LogP contribution < -0.4 is 5.32 Å². The highest BCUT2D eigenvalue weighted by atomic mass is 16.3. The quantitative estimate of drug-likeness (QED) is 0.722. The number of benzene rings is 1. The van der Waals surface area contributed by atoms with Gasteiger partial charge in [-0.1, -0.05) is 42.5 Å². The molecule has 0 aliphatic heterocycles. The van der Waals surface area contributed by atoms with Gasteiger partial charge in [-0.3, -0.25) is 0 Å². The Morgan fingerprint density at radius 1 is 1.40 bits per heavy atom. The minimum absolute atomic E-state index is 0.333. The summed E-state index contributed by atoms with van der Waals surface area (Å²) in [6.45, 7) is 7.08. The molecule has 110 valence electrons. The molecule has 0 amide bonds. The maximum absolute atomic E-state index is 10.6. The van der Waals surface area contributed by atoms with Gasteiger partial charge in [-0.15, -0.1) is 0 Å². The Balaban J connectivity index is 1.84. The topological polar surface area (TPSA) is 52.5 Å². The molecule has 1 aromatic carbocycles. The average molecular weight is 275 g/mol. The van der Waals surface area contributed by atoms with Crippen LogP contribution in [0.25, 0.3) is 0 Å². The number of aliphatic hydroxyl groups excluding tert-OH is 1. The molecule has 1 fully saturated rings. The standard InChI is InChI=1S/C17H25NO2/c1-13(2)15-8-9-17(20,16(19)10-15)12-18-11-14-6-4-3-5-7-14/h3-7,15-16,18-20H,1,8-12H2,2H3/t15-,16+,17-/m0/s1. The van der Waals surface area contributed by atoms with Crippen LogP contribution >= 0.6 is 0 Å². The van der Waals surface area contributed by atoms with E-state index in [0.717, 1.165) is 12.0 Å². The van der Waals surface area contributed by atoms with Crippen LogP contribution in [-0.4, -0.2) is 28.5 Å². The summed E-state index contributed by atoms with van der Waals surface area (Å²) >= 11 is 0. The van der Waals surface area contributed by atoms with Crippen molar-refractivity contribution in [1.82, 2.24) is 5.32 Å². The fourth-order valence-electron chi connectivity index (χ4n) is 2.87. The Labute approximate surface area is 121 Å². The summed E-state index contributed by atoms with van der Waals surface area (Å²) in [7, 11) is 0. The van der Waals surface area contributed by atoms with Crippen LogP contribution in [-0.2, 0) is 6.54 Å². The van der Waals surface area contributed by atoms with Gasteiger partial charge in [0.2, 0.25) is 0 Å². The molecule has 2 rings (SSSR count). The zero-order valence-corrected chi connectivity index (χ0v) is 12.2. The Bertz CT molecular complexity index is 446. The largest absolute Gasteiger partial charge is 0.390 e. The van der Waals surface area contributed by atoms with Gasteiger partial charge in [0.05, 0.1) is 6.10 Å². The first-order valence-corrected chi connectivity index (χ1v) is 7.32. The zero-order valence-electron chi connectivity index (χ0n) is 12.2. The van der Waals surface area contributed by atoms with Crippen LogP contribution in [0.5, 0.6) is 0 Å². The monoisotopic (exact) mass is 275 g/mol. The van der Waals surface area contributed by atoms with E-state index in [2.05, 4.69) is 11.9 Å². The van der Waals surface area contributed by atoms with Crippen LogP contribution in [0.15, 0.2) is 42.5 Å². The van der Waals surface area contributed by atoms with Crippen LogP contribution in [0.1, 0.15) is 31.7 Å². The van der Waals surface area contributed by atoms with Crippen molar-refractivity contribution in [2.45, 2.75) is 44.4 Å². The molecule has 0 aromatic heterocycles. The summed E-state index contributed by atoms with van der Waals surface area (Å²) in [5.74, 6) is 0.333. The molecule has 1 aliphatic rings. The maximum Gasteiger partial charge on any atom is 0.103 e. The first kappa shape index (κ1) is 15.2. The van der Waals surface area contributed by atoms with Gasteiger partial charge in [0.15, 0.2) is 0 Å². The molecular formula is C17H25NO2. The van der Waals surface area contributed by atoms with Gasteiger partial charge in [0, 0.05) is 13.1 Å². The highest BCUT2D eigenvalue weighted by Crippen LogP contribution is 2.35. The van der Waals surface area contributed by atoms with E-state index in [1.807, 2.05) is 37.3 Å². The number of nitrogens with one attached hydrogen (secondary N) is 1. The molecule has 3 nitrogen and oxygen atoms in total. The maximum atomic E-state index is 10.6. The molecule has 0 bridgehead atoms. The molecule has 0 heterocycles. The minimum Gasteiger partial charge on any atom is -0.390 e. The second kappa shape index (κ2) is 6.53. The number of rotatable bonds is 5. The smallest absolute Gasteiger partial charge is 0.103 e. The molecule has 20 heavy (non-hydrogen) atoms. The predicted molar refractivity (Wildman–Crippen MR) is 81.3 cm³/mol. The molecule has 0 unspecified atom stereocenters. The molecular weight excluding hydrogens is 250 g/mol. The SMILES string of the molecule is C=C(C)[C@H]1CC[C@](O)(CNCc2ccccc2)[C@H](O)C1. The van der Waals surface area contributed by atoms with Crippen LogP contribution in [0.2, 0.25) is 0 Å². The fourth-order valence-corrected chi connectivity index (χ4v) is 2.87. The Kier molecular flexibility index (Phi) is 4.97. The van der Waals surface area contributed by atoms with E-state index < -0.39 is 11.7 Å². The lowest BCUT2D eigenvalue weighted by atomic mass is 9.74. The van der Waals surface area contributed by atoms with E-state index in [1.165, 1.54) is 5.56 Å². The van der Waals surface area contributed by atoms with Crippen molar-refractivity contribution in [3.8, 4) is 0 Å². The second-order valence-corrected chi connectivity index (χ2v) is 6.03. The lowest BCUT2D eigenvalue weighted by Gasteiger charge is -2.40. The van der Waals surface area contributed by atoms with E-state index >= 15 is 0 Å². The zero-order chi connectivity index (χ0) is 14.6. The Hall–Kier alpha value is -1.16. The molecule has 0 spiro atoms. The van der Waals surface area contributed by atoms with Gasteiger partial charge in [0.25, 0.3) is 0 Å². The Morgan fingerprint density at radius 3 is 2.70 bits per heavy atom. The van der Waals surface area contributed by atoms with Gasteiger partial charge in [0.1, 0.15) is 5.60 Å². The van der Waals surface area contributed by atoms with Crippen molar-refractivity contribution in [3.05, 3.63) is 48.0 Å². The summed E-state index contributed by atoms with van der Waals surface area (Å²) < 4.78 is 0. The van der Waals surface area contributed by atoms with E-state index in [9.17, 15) is 10.2 Å². The van der Waals surface area contributed by atoms with Gasteiger partial charge < -0.3 is 15.5 Å². The van der Waals surface area contributed by atoms with Crippen LogP contribution in [0.3, 0.4) is 0 Å². The second-order valence-electron chi connectivity index (χ2n) is 6.03. The van der Waals surface area contributed by atoms with Crippen LogP contribution in [0, 0.1) is 5.92 Å². The summed E-state index contributed by atoms with van der Waals surface area (Å²) in [6.07, 6.45) is 1.45. The molecule has 3 atom stereocenters. The van der Waals surface area contributed by atoms with Crippen molar-refractivity contribution >= 4 is 0 Å². The third kappa shape index (κ3) is 3.69. The van der Waals surface area contributed by atoms with Crippen molar-refractivity contribution in [2.75, 3.05) is 6.54 Å². The predicted octanol–water partition coefficient (Wildman–Crippen LogP) is 2.24. The Morgan fingerprint density at radius 2 is 2.10 bits per heavy atom. The number of hydrogen-bond donors (Lipinski definition) is 3. The van der Waals surface area contributed by atoms with Crippen molar-refractivity contribution < 1.29 is 10.2 Å². The fraction of sp³-hybridized carbons (Fsp3) is 0.529. The number of aliphatic hydroxyl groups is 2. The van der Waals surface area contributed by atoms with E-state index in [-0.39, 0.29) is 0 Å². The normalized spacial score (nSPS) is 30.1. The summed E-state index contributed by atoms with van der Waals surface area (Å²) in [5, 5.41) is 24.0. The first-order chi connectivity index (χ1) is 9.51. The minimum atomic E-state index is -1.01. The molecule has 1 saturated carbocycles. The number of allylic oxidation sites excluding steroid dienone is 1.